The quantitative estimate of drug-likeness (QED) is 0.648. The number of hydrogen-bond acceptors (Lipinski definition) is 1. The molecular weight excluding hydrogens is 170 g/mol. The lowest BCUT2D eigenvalue weighted by Crippen LogP contribution is -2.04. The van der Waals surface area contributed by atoms with Gasteiger partial charge in [0.1, 0.15) is 0 Å². The molecule has 1 radical (unpaired) electrons. The lowest BCUT2D eigenvalue weighted by Gasteiger charge is -2.14. The van der Waals surface area contributed by atoms with Gasteiger partial charge in [0, 0.05) is 26.7 Å². The Kier molecular flexibility index (Phi) is 2.40. The van der Waals surface area contributed by atoms with Crippen LogP contribution in [0.1, 0.15) is 11.1 Å². The van der Waals surface area contributed by atoms with Gasteiger partial charge in [0.2, 0.25) is 0 Å². The minimum Gasteiger partial charge on any atom is -0.383 e. The number of rotatable bonds is 1. The zero-order valence-corrected chi connectivity index (χ0v) is 8.57. The van der Waals surface area contributed by atoms with Crippen LogP contribution in [0.25, 0.3) is 6.08 Å². The van der Waals surface area contributed by atoms with Gasteiger partial charge in [-0.2, -0.15) is 0 Å². The molecule has 71 valence electrons. The number of benzene rings is 1. The van der Waals surface area contributed by atoms with Gasteiger partial charge in [0.25, 0.3) is 0 Å². The first-order chi connectivity index (χ1) is 6.75. The minimum absolute atomic E-state index is 1.24. The molecule has 0 N–H and O–H groups in total. The van der Waals surface area contributed by atoms with Gasteiger partial charge >= 0.3 is 0 Å². The zero-order chi connectivity index (χ0) is 9.97. The molecule has 0 amide bonds. The molecule has 0 aliphatic heterocycles. The summed E-state index contributed by atoms with van der Waals surface area (Å²) in [6.45, 7) is 0. The van der Waals surface area contributed by atoms with E-state index in [0.717, 1.165) is 0 Å². The number of hydrogen-bond donors (Lipinski definition) is 0. The second-order valence-electron chi connectivity index (χ2n) is 3.70. The van der Waals surface area contributed by atoms with Crippen molar-refractivity contribution < 1.29 is 0 Å². The third kappa shape index (κ3) is 1.87. The van der Waals surface area contributed by atoms with E-state index in [0.29, 0.717) is 0 Å². The highest BCUT2D eigenvalue weighted by Crippen LogP contribution is 2.23. The standard InChI is InChI=1S/C13H14N/c1-14(2)10-11-7-8-12-5-3-4-6-13(12)9-11/h3-10H,1-2H3. The highest BCUT2D eigenvalue weighted by molar-refractivity contribution is 5.66. The fraction of sp³-hybridized carbons (Fsp3) is 0.154. The van der Waals surface area contributed by atoms with Gasteiger partial charge in [0.15, 0.2) is 0 Å². The minimum atomic E-state index is 1.24. The summed E-state index contributed by atoms with van der Waals surface area (Å²) in [6, 6.07) is 8.41. The van der Waals surface area contributed by atoms with E-state index in [2.05, 4.69) is 53.9 Å². The molecule has 2 rings (SSSR count). The first-order valence-electron chi connectivity index (χ1n) is 4.76. The topological polar surface area (TPSA) is 3.24 Å². The molecule has 0 heterocycles. The van der Waals surface area contributed by atoms with Gasteiger partial charge in [-0.05, 0) is 16.7 Å². The second kappa shape index (κ2) is 3.70. The van der Waals surface area contributed by atoms with Crippen LogP contribution in [0.4, 0.5) is 0 Å². The second-order valence-corrected chi connectivity index (χ2v) is 3.70. The lowest BCUT2D eigenvalue weighted by atomic mass is 9.94. The number of allylic oxidation sites excluding steroid dienone is 2. The molecule has 0 bridgehead atoms. The van der Waals surface area contributed by atoms with Gasteiger partial charge in [-0.3, -0.25) is 0 Å². The molecule has 1 heteroatoms. The van der Waals surface area contributed by atoms with Crippen molar-refractivity contribution in [1.29, 1.82) is 0 Å². The predicted octanol–water partition coefficient (Wildman–Crippen LogP) is 2.71. The van der Waals surface area contributed by atoms with E-state index in [1.165, 1.54) is 16.7 Å². The van der Waals surface area contributed by atoms with E-state index in [4.69, 9.17) is 0 Å². The summed E-state index contributed by atoms with van der Waals surface area (Å²) in [7, 11) is 4.07. The summed E-state index contributed by atoms with van der Waals surface area (Å²) in [5.41, 5.74) is 3.83. The Morgan fingerprint density at radius 2 is 1.71 bits per heavy atom. The summed E-state index contributed by atoms with van der Waals surface area (Å²) in [4.78, 5) is 2.06. The molecule has 0 saturated heterocycles. The Morgan fingerprint density at radius 3 is 2.43 bits per heavy atom. The highest BCUT2D eigenvalue weighted by Gasteiger charge is 2.06. The van der Waals surface area contributed by atoms with E-state index in [9.17, 15) is 0 Å². The van der Waals surface area contributed by atoms with E-state index in [-0.39, 0.29) is 0 Å². The van der Waals surface area contributed by atoms with E-state index in [1.807, 2.05) is 14.1 Å². The summed E-state index contributed by atoms with van der Waals surface area (Å²) in [5.74, 6) is 0. The highest BCUT2D eigenvalue weighted by atomic mass is 15.0. The van der Waals surface area contributed by atoms with Gasteiger partial charge in [-0.1, -0.05) is 36.4 Å². The third-order valence-electron chi connectivity index (χ3n) is 2.18. The lowest BCUT2D eigenvalue weighted by molar-refractivity contribution is 0.560. The Hall–Kier alpha value is -1.50. The molecular formula is C13H14N. The Balaban J connectivity index is 2.30. The summed E-state index contributed by atoms with van der Waals surface area (Å²) >= 11 is 0. The van der Waals surface area contributed by atoms with Gasteiger partial charge < -0.3 is 4.90 Å². The predicted molar refractivity (Wildman–Crippen MR) is 60.6 cm³/mol. The maximum atomic E-state index is 2.20. The van der Waals surface area contributed by atoms with Crippen LogP contribution in [0.15, 0.2) is 42.1 Å². The molecule has 1 aromatic rings. The largest absolute Gasteiger partial charge is 0.383 e. The average molecular weight is 184 g/mol. The molecule has 0 fully saturated rings. The monoisotopic (exact) mass is 184 g/mol. The molecule has 1 aliphatic rings. The van der Waals surface area contributed by atoms with Crippen LogP contribution in [0, 0.1) is 6.42 Å². The molecule has 0 aromatic heterocycles. The molecule has 0 atom stereocenters. The van der Waals surface area contributed by atoms with Crippen LogP contribution in [0.3, 0.4) is 0 Å². The van der Waals surface area contributed by atoms with Crippen LogP contribution in [-0.2, 0) is 0 Å². The van der Waals surface area contributed by atoms with E-state index in [1.54, 1.807) is 0 Å². The van der Waals surface area contributed by atoms with Crippen LogP contribution in [0.2, 0.25) is 0 Å². The van der Waals surface area contributed by atoms with Crippen molar-refractivity contribution in [2.24, 2.45) is 0 Å². The van der Waals surface area contributed by atoms with Crippen molar-refractivity contribution >= 4 is 6.08 Å². The fourth-order valence-corrected chi connectivity index (χ4v) is 1.59. The van der Waals surface area contributed by atoms with Crippen molar-refractivity contribution in [1.82, 2.24) is 4.90 Å². The van der Waals surface area contributed by atoms with Crippen LogP contribution in [0.5, 0.6) is 0 Å². The molecule has 0 unspecified atom stereocenters. The molecule has 1 aliphatic carbocycles. The SMILES string of the molecule is CN(C)C=C1[CH]c2ccccc2C=C1. The average Bonchev–Trinajstić information content (AvgIpc) is 2.17. The molecule has 0 spiro atoms. The van der Waals surface area contributed by atoms with Gasteiger partial charge in [-0.15, -0.1) is 0 Å². The van der Waals surface area contributed by atoms with E-state index >= 15 is 0 Å². The van der Waals surface area contributed by atoms with Crippen molar-refractivity contribution in [3.05, 3.63) is 59.7 Å². The van der Waals surface area contributed by atoms with Gasteiger partial charge in [-0.25, -0.2) is 0 Å². The van der Waals surface area contributed by atoms with Crippen molar-refractivity contribution in [3.63, 3.8) is 0 Å². The molecule has 1 nitrogen and oxygen atoms in total. The van der Waals surface area contributed by atoms with Crippen molar-refractivity contribution in [2.75, 3.05) is 14.1 Å². The normalized spacial score (nSPS) is 16.9. The molecule has 14 heavy (non-hydrogen) atoms. The number of fused-ring (bicyclic) bond motifs is 1. The van der Waals surface area contributed by atoms with Crippen LogP contribution in [-0.4, -0.2) is 19.0 Å². The van der Waals surface area contributed by atoms with E-state index < -0.39 is 0 Å². The smallest absolute Gasteiger partial charge is 0.0220 e. The molecule has 1 aromatic carbocycles. The van der Waals surface area contributed by atoms with Crippen LogP contribution >= 0.6 is 0 Å². The summed E-state index contributed by atoms with van der Waals surface area (Å²) in [5, 5.41) is 0. The first-order valence-corrected chi connectivity index (χ1v) is 4.76. The number of nitrogens with zero attached hydrogens (tertiary/aromatic N) is 1. The van der Waals surface area contributed by atoms with Gasteiger partial charge in [0.05, 0.1) is 0 Å². The van der Waals surface area contributed by atoms with Crippen molar-refractivity contribution in [2.45, 2.75) is 0 Å². The van der Waals surface area contributed by atoms with Crippen molar-refractivity contribution in [3.8, 4) is 0 Å². The Bertz CT molecular complexity index is 386. The summed E-state index contributed by atoms with van der Waals surface area (Å²) < 4.78 is 0. The summed E-state index contributed by atoms with van der Waals surface area (Å²) in [6.07, 6.45) is 8.62. The first kappa shape index (κ1) is 9.07. The Morgan fingerprint density at radius 1 is 1.00 bits per heavy atom. The maximum Gasteiger partial charge on any atom is 0.0220 e. The zero-order valence-electron chi connectivity index (χ0n) is 8.57. The fourth-order valence-electron chi connectivity index (χ4n) is 1.59. The molecule has 0 saturated carbocycles. The maximum absolute atomic E-state index is 2.20. The third-order valence-corrected chi connectivity index (χ3v) is 2.18. The van der Waals surface area contributed by atoms with Crippen LogP contribution < -0.4 is 0 Å². The Labute approximate surface area is 85.4 Å².